The van der Waals surface area contributed by atoms with Gasteiger partial charge in [0.05, 0.1) is 31.1 Å². The van der Waals surface area contributed by atoms with Crippen LogP contribution in [0.25, 0.3) is 0 Å². The zero-order valence-electron chi connectivity index (χ0n) is 56.2. The van der Waals surface area contributed by atoms with Gasteiger partial charge in [-0.1, -0.05) is 216 Å². The van der Waals surface area contributed by atoms with E-state index in [0.29, 0.717) is 50.2 Å². The number of carbonyl (C=O) groups is 8. The van der Waals surface area contributed by atoms with Crippen LogP contribution in [0, 0.1) is 41.4 Å². The number of unbranched alkanes of at least 4 members (excludes halogenated alkanes) is 21. The van der Waals surface area contributed by atoms with E-state index < -0.39 is 53.5 Å². The summed E-state index contributed by atoms with van der Waals surface area (Å²) >= 11 is 0. The standard InChI is InChI=1S/C49H76O11.C26H42O5/c1-4-7-8-9-20-26-31-40(42(35-45(52)53)44(51)37-50)32-27-22-18-19-24-29-34-47(55)59-41(6-3)38-58-46(54)33-28-23-17-15-13-11-10-12-14-16-21-25-30-39(5-2)43-36-48(56)60-49(43)57;1-2-3-11-15-21(23(26(30)31)20-25(28)29)16-12-9-7-5-4-6-8-10-13-19-24(27)22-17-14-18-22/h10,12,16,21,25,27,30,32,39-43,51H,4-9,11,13-15,17-20,22-24,26,28-29,31,33-36,38H2,1-3H3,(H,52,53);7,9,12,16,21-23H,2-6,8,10-11,13-15,17-20H2,1H3,(H,28,29)(H,30,31)/b12-10-,21-16-,30-25+,32-27+;9-7-,16-12+. The van der Waals surface area contributed by atoms with Crippen LogP contribution in [0.5, 0.6) is 0 Å². The Balaban J connectivity index is 0.00000112. The molecule has 1 saturated carbocycles. The van der Waals surface area contributed by atoms with Crippen molar-refractivity contribution in [3.63, 3.8) is 0 Å². The first-order valence-electron chi connectivity index (χ1n) is 35.2. The second kappa shape index (κ2) is 55.5. The molecule has 0 amide bonds. The molecular formula is C75H118O16. The summed E-state index contributed by atoms with van der Waals surface area (Å²) in [4.78, 5) is 105. The molecule has 0 aromatic rings. The maximum absolute atomic E-state index is 12.4. The highest BCUT2D eigenvalue weighted by molar-refractivity contribution is 5.95. The van der Waals surface area contributed by atoms with E-state index in [1.165, 1.54) is 25.2 Å². The Morgan fingerprint density at radius 2 is 1.07 bits per heavy atom. The third-order valence-electron chi connectivity index (χ3n) is 17.3. The van der Waals surface area contributed by atoms with E-state index in [2.05, 4.69) is 42.9 Å². The highest BCUT2D eigenvalue weighted by Crippen LogP contribution is 2.31. The van der Waals surface area contributed by atoms with Gasteiger partial charge in [-0.3, -0.25) is 38.4 Å². The number of carboxylic acid groups (broad SMARTS) is 3. The largest absolute Gasteiger partial charge is 0.502 e. The number of rotatable bonds is 56. The van der Waals surface area contributed by atoms with E-state index in [-0.39, 0.29) is 61.5 Å². The Kier molecular flexibility index (Phi) is 50.5. The summed E-state index contributed by atoms with van der Waals surface area (Å²) in [6, 6.07) is 0. The van der Waals surface area contributed by atoms with Gasteiger partial charge in [-0.15, -0.1) is 0 Å². The predicted octanol–water partition coefficient (Wildman–Crippen LogP) is 18.0. The Labute approximate surface area is 546 Å². The number of hydrogen-bond donors (Lipinski definition) is 4. The minimum Gasteiger partial charge on any atom is -0.502 e. The van der Waals surface area contributed by atoms with Gasteiger partial charge in [-0.05, 0) is 120 Å². The lowest BCUT2D eigenvalue weighted by Gasteiger charge is -2.23. The lowest BCUT2D eigenvalue weighted by atomic mass is 9.80. The molecule has 0 bridgehead atoms. The number of aliphatic hydroxyl groups excluding tert-OH is 1. The fourth-order valence-corrected chi connectivity index (χ4v) is 11.4. The maximum Gasteiger partial charge on any atom is 0.317 e. The molecule has 2 rings (SSSR count). The van der Waals surface area contributed by atoms with Crippen molar-refractivity contribution in [2.75, 3.05) is 6.61 Å². The van der Waals surface area contributed by atoms with Crippen LogP contribution in [0.4, 0.5) is 0 Å². The maximum atomic E-state index is 12.4. The third kappa shape index (κ3) is 43.3. The zero-order valence-corrected chi connectivity index (χ0v) is 56.2. The van der Waals surface area contributed by atoms with Crippen LogP contribution < -0.4 is 0 Å². The minimum atomic E-state index is -1.07. The predicted molar refractivity (Wildman–Crippen MR) is 358 cm³/mol. The van der Waals surface area contributed by atoms with Crippen LogP contribution in [-0.4, -0.2) is 86.6 Å². The fraction of sp³-hybridized carbons (Fsp3) is 0.707. The van der Waals surface area contributed by atoms with E-state index in [1.54, 1.807) is 0 Å². The number of cyclic esters (lactones) is 2. The van der Waals surface area contributed by atoms with E-state index in [9.17, 15) is 58.5 Å². The SMILES string of the molecule is CCCCCC(/C=C/C=C\CCCCCCCC(=O)C1CCC1)C(CC(=O)O)C(=O)O.CCCCCCCCC(/C=C/CCCCCCC(=O)OC(CC)COC(=O)CCCCCCC/C=C\C/C=C\C=C\C(CC)C1CC(=O)OC1=O)C(CC(=O)O)C(O)=C=O. The summed E-state index contributed by atoms with van der Waals surface area (Å²) in [6.07, 6.45) is 57.6. The van der Waals surface area contributed by atoms with Gasteiger partial charge in [0.15, 0.2) is 11.7 Å². The summed E-state index contributed by atoms with van der Waals surface area (Å²) in [5.41, 5.74) is 0. The molecule has 1 heterocycles. The molecule has 514 valence electrons. The summed E-state index contributed by atoms with van der Waals surface area (Å²) in [5.74, 6) is -5.28. The van der Waals surface area contributed by atoms with Crippen molar-refractivity contribution in [1.82, 2.24) is 0 Å². The summed E-state index contributed by atoms with van der Waals surface area (Å²) in [5, 5.41) is 38.0. The van der Waals surface area contributed by atoms with Crippen LogP contribution in [0.3, 0.4) is 0 Å². The van der Waals surface area contributed by atoms with E-state index in [1.807, 2.05) is 62.5 Å². The third-order valence-corrected chi connectivity index (χ3v) is 17.3. The van der Waals surface area contributed by atoms with E-state index >= 15 is 0 Å². The fourth-order valence-electron chi connectivity index (χ4n) is 11.4. The molecule has 2 aliphatic rings. The number of ketones is 1. The highest BCUT2D eigenvalue weighted by Gasteiger charge is 2.37. The number of carboxylic acids is 3. The number of carbonyl (C=O) groups excluding carboxylic acids is 6. The van der Waals surface area contributed by atoms with Crippen molar-refractivity contribution < 1.29 is 77.8 Å². The van der Waals surface area contributed by atoms with Crippen LogP contribution in [0.1, 0.15) is 285 Å². The molecule has 7 unspecified atom stereocenters. The topological polar surface area (TPSA) is 262 Å². The molecule has 1 saturated heterocycles. The summed E-state index contributed by atoms with van der Waals surface area (Å²) in [7, 11) is 0. The Morgan fingerprint density at radius 1 is 0.549 bits per heavy atom. The van der Waals surface area contributed by atoms with Crippen molar-refractivity contribution in [2.45, 2.75) is 291 Å². The Bertz CT molecular complexity index is 2280. The first kappa shape index (κ1) is 82.9. The molecule has 7 atom stereocenters. The number of ether oxygens (including phenoxy) is 3. The molecular weight excluding hydrogens is 1160 g/mol. The van der Waals surface area contributed by atoms with Crippen molar-refractivity contribution in [2.24, 2.45) is 41.4 Å². The second-order valence-electron chi connectivity index (χ2n) is 24.9. The molecule has 0 spiro atoms. The number of esters is 4. The molecule has 4 N–H and O–H groups in total. The van der Waals surface area contributed by atoms with Crippen molar-refractivity contribution in [3.05, 3.63) is 78.7 Å². The second-order valence-corrected chi connectivity index (χ2v) is 24.9. The molecule has 0 radical (unpaired) electrons. The van der Waals surface area contributed by atoms with Crippen LogP contribution in [0.15, 0.2) is 78.7 Å². The van der Waals surface area contributed by atoms with Gasteiger partial charge in [-0.25, -0.2) is 4.79 Å². The minimum absolute atomic E-state index is 0.00485. The van der Waals surface area contributed by atoms with E-state index in [0.717, 1.165) is 180 Å². The molecule has 0 aromatic heterocycles. The first-order chi connectivity index (χ1) is 44.0. The Hall–Kier alpha value is -6.15. The van der Waals surface area contributed by atoms with Crippen LogP contribution in [-0.2, 0) is 57.4 Å². The number of aliphatic hydroxyl groups is 1. The first-order valence-corrected chi connectivity index (χ1v) is 35.2. The molecule has 2 fully saturated rings. The van der Waals surface area contributed by atoms with Gasteiger partial charge in [0.1, 0.15) is 18.5 Å². The number of hydrogen-bond acceptors (Lipinski definition) is 13. The molecule has 16 nitrogen and oxygen atoms in total. The lowest BCUT2D eigenvalue weighted by Crippen LogP contribution is -2.25. The van der Waals surface area contributed by atoms with Gasteiger partial charge in [0.25, 0.3) is 0 Å². The zero-order chi connectivity index (χ0) is 67.1. The number of Topliss-reactive ketones (excluding diaryl/α,β-unsaturated/α-hetero) is 1. The Morgan fingerprint density at radius 3 is 1.63 bits per heavy atom. The molecule has 0 aromatic carbocycles. The molecule has 1 aliphatic carbocycles. The average Bonchev–Trinajstić information content (AvgIpc) is 3.70. The van der Waals surface area contributed by atoms with Gasteiger partial charge in [0, 0.05) is 31.1 Å². The summed E-state index contributed by atoms with van der Waals surface area (Å²) in [6.45, 7) is 8.22. The van der Waals surface area contributed by atoms with Crippen molar-refractivity contribution >= 4 is 53.5 Å². The monoisotopic (exact) mass is 1270 g/mol. The quantitative estimate of drug-likeness (QED) is 0.00645. The molecule has 1 aliphatic heterocycles. The number of aliphatic carboxylic acids is 3. The van der Waals surface area contributed by atoms with E-state index in [4.69, 9.17) is 14.6 Å². The van der Waals surface area contributed by atoms with Gasteiger partial charge >= 0.3 is 41.8 Å². The average molecular weight is 1280 g/mol. The van der Waals surface area contributed by atoms with Gasteiger partial charge < -0.3 is 34.6 Å². The van der Waals surface area contributed by atoms with Gasteiger partial charge in [-0.2, -0.15) is 0 Å². The smallest absolute Gasteiger partial charge is 0.317 e. The van der Waals surface area contributed by atoms with Crippen LogP contribution >= 0.6 is 0 Å². The molecule has 16 heteroatoms. The number of allylic oxidation sites excluding steroid dienone is 13. The molecule has 91 heavy (non-hydrogen) atoms. The lowest BCUT2D eigenvalue weighted by molar-refractivity contribution is -0.159. The summed E-state index contributed by atoms with van der Waals surface area (Å²) < 4.78 is 15.6. The van der Waals surface area contributed by atoms with Crippen LogP contribution in [0.2, 0.25) is 0 Å². The van der Waals surface area contributed by atoms with Gasteiger partial charge in [0.2, 0.25) is 0 Å². The van der Waals surface area contributed by atoms with Crippen molar-refractivity contribution in [3.8, 4) is 0 Å². The normalized spacial score (nSPS) is 16.4. The highest BCUT2D eigenvalue weighted by atomic mass is 16.6. The van der Waals surface area contributed by atoms with Crippen molar-refractivity contribution in [1.29, 1.82) is 0 Å².